The van der Waals surface area contributed by atoms with Crippen molar-refractivity contribution in [1.29, 1.82) is 0 Å². The average Bonchev–Trinajstić information content (AvgIpc) is 3.40. The van der Waals surface area contributed by atoms with Gasteiger partial charge in [-0.3, -0.25) is 19.7 Å². The Kier molecular flexibility index (Phi) is 7.02. The lowest BCUT2D eigenvalue weighted by atomic mass is 10.1. The van der Waals surface area contributed by atoms with Crippen LogP contribution in [0.5, 0.6) is 0 Å². The standard InChI is InChI=1S/C25H27N5O3S/c1-4-5-21(31)26-19-8-6-17(7-9-19)23(33)27-25-29-28-24(34-25)18-13-22(32)30(14-18)20-11-15(2)10-16(3)12-20/h6-12,18H,4-5,13-14H2,1-3H3,(H,26,31)(H,27,29,33). The predicted octanol–water partition coefficient (Wildman–Crippen LogP) is 4.67. The van der Waals surface area contributed by atoms with Crippen molar-refractivity contribution < 1.29 is 14.4 Å². The van der Waals surface area contributed by atoms with Crippen molar-refractivity contribution in [2.24, 2.45) is 0 Å². The smallest absolute Gasteiger partial charge is 0.257 e. The number of hydrogen-bond acceptors (Lipinski definition) is 6. The first-order valence-electron chi connectivity index (χ1n) is 11.3. The molecule has 0 aliphatic carbocycles. The number of anilines is 3. The summed E-state index contributed by atoms with van der Waals surface area (Å²) in [5.41, 5.74) is 4.22. The van der Waals surface area contributed by atoms with E-state index in [0.717, 1.165) is 28.2 Å². The van der Waals surface area contributed by atoms with Gasteiger partial charge in [0.15, 0.2) is 0 Å². The largest absolute Gasteiger partial charge is 0.326 e. The molecule has 1 aliphatic heterocycles. The summed E-state index contributed by atoms with van der Waals surface area (Å²) in [6.07, 6.45) is 1.59. The van der Waals surface area contributed by atoms with Crippen molar-refractivity contribution in [2.45, 2.75) is 46.0 Å². The van der Waals surface area contributed by atoms with E-state index in [0.29, 0.717) is 35.8 Å². The van der Waals surface area contributed by atoms with E-state index in [2.05, 4.69) is 26.9 Å². The monoisotopic (exact) mass is 477 g/mol. The van der Waals surface area contributed by atoms with Crippen LogP contribution in [0, 0.1) is 13.8 Å². The molecule has 3 aromatic rings. The molecule has 0 radical (unpaired) electrons. The van der Waals surface area contributed by atoms with E-state index in [1.54, 1.807) is 29.2 Å². The molecule has 0 saturated carbocycles. The third kappa shape index (κ3) is 5.48. The zero-order valence-electron chi connectivity index (χ0n) is 19.4. The van der Waals surface area contributed by atoms with Crippen molar-refractivity contribution >= 4 is 45.6 Å². The van der Waals surface area contributed by atoms with E-state index in [4.69, 9.17) is 0 Å². The van der Waals surface area contributed by atoms with Crippen LogP contribution >= 0.6 is 11.3 Å². The Balaban J connectivity index is 1.38. The summed E-state index contributed by atoms with van der Waals surface area (Å²) in [6.45, 7) is 6.52. The van der Waals surface area contributed by atoms with Crippen LogP contribution in [0.2, 0.25) is 0 Å². The lowest BCUT2D eigenvalue weighted by molar-refractivity contribution is -0.117. The first-order valence-corrected chi connectivity index (χ1v) is 12.1. The highest BCUT2D eigenvalue weighted by molar-refractivity contribution is 7.15. The normalized spacial score (nSPS) is 15.4. The average molecular weight is 478 g/mol. The summed E-state index contributed by atoms with van der Waals surface area (Å²) in [4.78, 5) is 38.8. The maximum atomic E-state index is 12.7. The van der Waals surface area contributed by atoms with Crippen LogP contribution in [0.1, 0.15) is 58.6 Å². The van der Waals surface area contributed by atoms with Crippen LogP contribution in [0.15, 0.2) is 42.5 Å². The van der Waals surface area contributed by atoms with Gasteiger partial charge in [-0.1, -0.05) is 24.3 Å². The number of aromatic nitrogens is 2. The highest BCUT2D eigenvalue weighted by Gasteiger charge is 2.34. The zero-order chi connectivity index (χ0) is 24.2. The highest BCUT2D eigenvalue weighted by atomic mass is 32.1. The number of carbonyl (C=O) groups excluding carboxylic acids is 3. The molecule has 2 N–H and O–H groups in total. The predicted molar refractivity (Wildman–Crippen MR) is 133 cm³/mol. The van der Waals surface area contributed by atoms with E-state index in [1.165, 1.54) is 11.3 Å². The second-order valence-corrected chi connectivity index (χ2v) is 9.54. The van der Waals surface area contributed by atoms with Gasteiger partial charge in [0.05, 0.1) is 0 Å². The molecule has 1 fully saturated rings. The number of nitrogens with zero attached hydrogens (tertiary/aromatic N) is 3. The number of rotatable bonds is 7. The zero-order valence-corrected chi connectivity index (χ0v) is 20.2. The number of benzene rings is 2. The molecule has 0 bridgehead atoms. The first kappa shape index (κ1) is 23.6. The summed E-state index contributed by atoms with van der Waals surface area (Å²) in [5, 5.41) is 15.0. The van der Waals surface area contributed by atoms with E-state index < -0.39 is 0 Å². The van der Waals surface area contributed by atoms with Crippen LogP contribution < -0.4 is 15.5 Å². The second kappa shape index (κ2) is 10.1. The molecule has 4 rings (SSSR count). The molecule has 176 valence electrons. The fraction of sp³-hybridized carbons (Fsp3) is 0.320. The third-order valence-electron chi connectivity index (χ3n) is 5.56. The lowest BCUT2D eigenvalue weighted by Gasteiger charge is -2.17. The van der Waals surface area contributed by atoms with Crippen LogP contribution in [-0.4, -0.2) is 34.5 Å². The minimum Gasteiger partial charge on any atom is -0.326 e. The SMILES string of the molecule is CCCC(=O)Nc1ccc(C(=O)Nc2nnc(C3CC(=O)N(c4cc(C)cc(C)c4)C3)s2)cc1. The molecule has 9 heteroatoms. The van der Waals surface area contributed by atoms with Gasteiger partial charge in [-0.2, -0.15) is 0 Å². The Morgan fingerprint density at radius 2 is 1.76 bits per heavy atom. The quantitative estimate of drug-likeness (QED) is 0.515. The Hall–Kier alpha value is -3.59. The minimum absolute atomic E-state index is 0.0532. The molecule has 8 nitrogen and oxygen atoms in total. The molecule has 1 saturated heterocycles. The summed E-state index contributed by atoms with van der Waals surface area (Å²) in [5.74, 6) is -0.375. The summed E-state index contributed by atoms with van der Waals surface area (Å²) >= 11 is 1.29. The minimum atomic E-state index is -0.312. The molecule has 1 unspecified atom stereocenters. The van der Waals surface area contributed by atoms with Crippen LogP contribution in [-0.2, 0) is 9.59 Å². The molecule has 2 heterocycles. The Morgan fingerprint density at radius 1 is 1.06 bits per heavy atom. The number of amides is 3. The van der Waals surface area contributed by atoms with Gasteiger partial charge >= 0.3 is 0 Å². The van der Waals surface area contributed by atoms with Gasteiger partial charge in [-0.05, 0) is 67.8 Å². The molecular formula is C25H27N5O3S. The van der Waals surface area contributed by atoms with Crippen molar-refractivity contribution in [3.8, 4) is 0 Å². The van der Waals surface area contributed by atoms with Gasteiger partial charge in [0.2, 0.25) is 16.9 Å². The van der Waals surface area contributed by atoms with Crippen molar-refractivity contribution in [3.05, 3.63) is 64.2 Å². The molecule has 1 atom stereocenters. The van der Waals surface area contributed by atoms with Crippen molar-refractivity contribution in [2.75, 3.05) is 22.1 Å². The van der Waals surface area contributed by atoms with E-state index in [-0.39, 0.29) is 23.6 Å². The molecule has 0 spiro atoms. The molecule has 3 amide bonds. The van der Waals surface area contributed by atoms with Crippen LogP contribution in [0.4, 0.5) is 16.5 Å². The van der Waals surface area contributed by atoms with Crippen LogP contribution in [0.3, 0.4) is 0 Å². The Morgan fingerprint density at radius 3 is 2.44 bits per heavy atom. The fourth-order valence-electron chi connectivity index (χ4n) is 4.00. The van der Waals surface area contributed by atoms with Crippen molar-refractivity contribution in [3.63, 3.8) is 0 Å². The second-order valence-electron chi connectivity index (χ2n) is 8.53. The lowest BCUT2D eigenvalue weighted by Crippen LogP contribution is -2.24. The maximum absolute atomic E-state index is 12.7. The van der Waals surface area contributed by atoms with E-state index in [9.17, 15) is 14.4 Å². The van der Waals surface area contributed by atoms with E-state index in [1.807, 2.05) is 32.9 Å². The van der Waals surface area contributed by atoms with Gasteiger partial charge < -0.3 is 10.2 Å². The molecule has 2 aromatic carbocycles. The Bertz CT molecular complexity index is 1200. The van der Waals surface area contributed by atoms with Gasteiger partial charge in [0.25, 0.3) is 5.91 Å². The summed E-state index contributed by atoms with van der Waals surface area (Å²) in [7, 11) is 0. The van der Waals surface area contributed by atoms with Crippen molar-refractivity contribution in [1.82, 2.24) is 10.2 Å². The maximum Gasteiger partial charge on any atom is 0.257 e. The topological polar surface area (TPSA) is 104 Å². The first-order chi connectivity index (χ1) is 16.3. The number of hydrogen-bond donors (Lipinski definition) is 2. The number of carbonyl (C=O) groups is 3. The summed E-state index contributed by atoms with van der Waals surface area (Å²) in [6, 6.07) is 12.8. The molecule has 1 aromatic heterocycles. The highest BCUT2D eigenvalue weighted by Crippen LogP contribution is 2.35. The third-order valence-corrected chi connectivity index (χ3v) is 6.56. The van der Waals surface area contributed by atoms with E-state index >= 15 is 0 Å². The summed E-state index contributed by atoms with van der Waals surface area (Å²) < 4.78 is 0. The van der Waals surface area contributed by atoms with Gasteiger partial charge in [-0.25, -0.2) is 0 Å². The molecule has 1 aliphatic rings. The fourth-order valence-corrected chi connectivity index (χ4v) is 4.83. The van der Waals surface area contributed by atoms with Gasteiger partial charge in [0.1, 0.15) is 5.01 Å². The van der Waals surface area contributed by atoms with Gasteiger partial charge in [-0.15, -0.1) is 10.2 Å². The van der Waals surface area contributed by atoms with Crippen LogP contribution in [0.25, 0.3) is 0 Å². The molecular weight excluding hydrogens is 450 g/mol. The molecule has 34 heavy (non-hydrogen) atoms. The number of nitrogens with one attached hydrogen (secondary N) is 2. The Labute approximate surface area is 202 Å². The van der Waals surface area contributed by atoms with Gasteiger partial charge in [0, 0.05) is 42.2 Å². The number of aryl methyl sites for hydroxylation is 2.